The number of fused-ring (bicyclic) bond motifs is 1. The minimum absolute atomic E-state index is 0.0202. The number of carbonyl (C=O) groups is 3. The van der Waals surface area contributed by atoms with Crippen LogP contribution in [0.5, 0.6) is 5.75 Å². The van der Waals surface area contributed by atoms with E-state index < -0.39 is 17.7 Å². The van der Waals surface area contributed by atoms with Gasteiger partial charge < -0.3 is 14.7 Å². The molecule has 6 heteroatoms. The lowest BCUT2D eigenvalue weighted by atomic mass is 10.1. The molecule has 0 saturated carbocycles. The van der Waals surface area contributed by atoms with E-state index in [4.69, 9.17) is 4.74 Å². The molecule has 0 saturated heterocycles. The van der Waals surface area contributed by atoms with Crippen LogP contribution in [0.2, 0.25) is 0 Å². The van der Waals surface area contributed by atoms with Crippen molar-refractivity contribution in [3.63, 3.8) is 0 Å². The molecule has 0 radical (unpaired) electrons. The van der Waals surface area contributed by atoms with E-state index in [9.17, 15) is 19.5 Å². The van der Waals surface area contributed by atoms with E-state index >= 15 is 0 Å². The van der Waals surface area contributed by atoms with Gasteiger partial charge in [-0.2, -0.15) is 0 Å². The Balaban J connectivity index is 2.01. The number of carboxylic acids is 1. The van der Waals surface area contributed by atoms with Crippen molar-refractivity contribution in [2.75, 3.05) is 12.0 Å². The number of Topliss-reactive ketones (excluding diaryl/α,β-unsaturated/α-hetero) is 1. The van der Waals surface area contributed by atoms with Crippen molar-refractivity contribution in [1.82, 2.24) is 0 Å². The number of nitrogens with zero attached hydrogens (tertiary/aromatic N) is 1. The molecule has 1 amide bonds. The van der Waals surface area contributed by atoms with E-state index in [1.165, 1.54) is 24.1 Å². The molecule has 6 nitrogen and oxygen atoms in total. The lowest BCUT2D eigenvalue weighted by Crippen LogP contribution is -2.29. The van der Waals surface area contributed by atoms with Gasteiger partial charge in [-0.15, -0.1) is 0 Å². The molecule has 23 heavy (non-hydrogen) atoms. The summed E-state index contributed by atoms with van der Waals surface area (Å²) >= 11 is 0. The summed E-state index contributed by atoms with van der Waals surface area (Å²) < 4.78 is 5.07. The fraction of sp³-hybridized carbons (Fsp3) is 0.118. The first kappa shape index (κ1) is 14.8. The first-order valence-corrected chi connectivity index (χ1v) is 6.88. The molecule has 1 aliphatic heterocycles. The first-order chi connectivity index (χ1) is 11.0. The van der Waals surface area contributed by atoms with Crippen molar-refractivity contribution in [2.24, 2.45) is 0 Å². The van der Waals surface area contributed by atoms with Crippen molar-refractivity contribution in [1.29, 1.82) is 0 Å². The molecule has 1 heterocycles. The molecule has 0 aromatic heterocycles. The summed E-state index contributed by atoms with van der Waals surface area (Å²) in [5.41, 5.74) is 1.29. The Morgan fingerprint density at radius 3 is 2.61 bits per heavy atom. The monoisotopic (exact) mass is 311 g/mol. The van der Waals surface area contributed by atoms with Crippen molar-refractivity contribution < 1.29 is 24.2 Å². The summed E-state index contributed by atoms with van der Waals surface area (Å²) in [7, 11) is 1.48. The highest BCUT2D eigenvalue weighted by atomic mass is 16.5. The lowest BCUT2D eigenvalue weighted by Gasteiger charge is -2.18. The lowest BCUT2D eigenvalue weighted by molar-refractivity contribution is -0.114. The number of methoxy groups -OCH3 is 1. The Labute approximate surface area is 131 Å². The van der Waals surface area contributed by atoms with Gasteiger partial charge in [0, 0.05) is 0 Å². The minimum Gasteiger partial charge on any atom is -0.497 e. The van der Waals surface area contributed by atoms with E-state index in [0.29, 0.717) is 17.0 Å². The Morgan fingerprint density at radius 1 is 1.17 bits per heavy atom. The predicted octanol–water partition coefficient (Wildman–Crippen LogP) is 2.12. The summed E-state index contributed by atoms with van der Waals surface area (Å²) in [5.74, 6) is -1.88. The number of hydrogen-bond donors (Lipinski definition) is 1. The molecule has 2 aromatic carbocycles. The van der Waals surface area contributed by atoms with Gasteiger partial charge in [0.25, 0.3) is 11.7 Å². The fourth-order valence-electron chi connectivity index (χ4n) is 2.60. The van der Waals surface area contributed by atoms with Crippen LogP contribution in [0.1, 0.15) is 26.3 Å². The second-order valence-corrected chi connectivity index (χ2v) is 5.07. The summed E-state index contributed by atoms with van der Waals surface area (Å²) in [5, 5.41) is 9.23. The van der Waals surface area contributed by atoms with Crippen LogP contribution in [0.25, 0.3) is 0 Å². The van der Waals surface area contributed by atoms with E-state index in [-0.39, 0.29) is 17.7 Å². The van der Waals surface area contributed by atoms with E-state index in [0.717, 1.165) is 0 Å². The number of aromatic carboxylic acids is 1. The number of benzene rings is 2. The fourth-order valence-corrected chi connectivity index (χ4v) is 2.60. The average molecular weight is 311 g/mol. The summed E-state index contributed by atoms with van der Waals surface area (Å²) in [6.07, 6.45) is 0. The zero-order chi connectivity index (χ0) is 16.6. The second kappa shape index (κ2) is 5.57. The van der Waals surface area contributed by atoms with E-state index in [1.54, 1.807) is 30.3 Å². The number of ketones is 1. The van der Waals surface area contributed by atoms with Gasteiger partial charge in [-0.05, 0) is 29.8 Å². The van der Waals surface area contributed by atoms with E-state index in [1.807, 2.05) is 0 Å². The van der Waals surface area contributed by atoms with Crippen LogP contribution in [-0.2, 0) is 11.3 Å². The first-order valence-electron chi connectivity index (χ1n) is 6.88. The molecule has 0 unspecified atom stereocenters. The van der Waals surface area contributed by atoms with Gasteiger partial charge in [0.1, 0.15) is 5.75 Å². The van der Waals surface area contributed by atoms with E-state index in [2.05, 4.69) is 0 Å². The third-order valence-electron chi connectivity index (χ3n) is 3.75. The molecule has 1 aliphatic rings. The SMILES string of the molecule is COc1ccc2c(c1)C(=O)C(=O)N2Cc1ccccc1C(=O)O. The molecule has 2 aromatic rings. The zero-order valence-electron chi connectivity index (χ0n) is 12.3. The Kier molecular flexibility index (Phi) is 3.57. The van der Waals surface area contributed by atoms with Gasteiger partial charge in [0.2, 0.25) is 0 Å². The van der Waals surface area contributed by atoms with Gasteiger partial charge in [-0.25, -0.2) is 4.79 Å². The maximum absolute atomic E-state index is 12.2. The molecular weight excluding hydrogens is 298 g/mol. The highest BCUT2D eigenvalue weighted by Gasteiger charge is 2.36. The summed E-state index contributed by atoms with van der Waals surface area (Å²) in [4.78, 5) is 36.9. The summed E-state index contributed by atoms with van der Waals surface area (Å²) in [6.45, 7) is 0.0202. The van der Waals surface area contributed by atoms with Crippen molar-refractivity contribution >= 4 is 23.3 Å². The third-order valence-corrected chi connectivity index (χ3v) is 3.75. The number of amides is 1. The molecule has 0 aliphatic carbocycles. The average Bonchev–Trinajstić information content (AvgIpc) is 2.79. The topological polar surface area (TPSA) is 83.9 Å². The van der Waals surface area contributed by atoms with Crippen LogP contribution in [0.3, 0.4) is 0 Å². The number of hydrogen-bond acceptors (Lipinski definition) is 4. The second-order valence-electron chi connectivity index (χ2n) is 5.07. The van der Waals surface area contributed by atoms with Crippen LogP contribution in [0.4, 0.5) is 5.69 Å². The normalized spacial score (nSPS) is 13.2. The van der Waals surface area contributed by atoms with Gasteiger partial charge in [0.05, 0.1) is 30.5 Å². The number of carboxylic acid groups (broad SMARTS) is 1. The van der Waals surface area contributed by atoms with Crippen LogP contribution >= 0.6 is 0 Å². The largest absolute Gasteiger partial charge is 0.497 e. The molecule has 116 valence electrons. The van der Waals surface area contributed by atoms with Gasteiger partial charge in [-0.1, -0.05) is 18.2 Å². The highest BCUT2D eigenvalue weighted by molar-refractivity contribution is 6.52. The number of anilines is 1. The van der Waals surface area contributed by atoms with Crippen LogP contribution in [-0.4, -0.2) is 29.9 Å². The van der Waals surface area contributed by atoms with Gasteiger partial charge in [-0.3, -0.25) is 9.59 Å². The van der Waals surface area contributed by atoms with Crippen LogP contribution in [0.15, 0.2) is 42.5 Å². The van der Waals surface area contributed by atoms with Gasteiger partial charge in [0.15, 0.2) is 0 Å². The Hall–Kier alpha value is -3.15. The molecular formula is C17H13NO5. The molecule has 1 N–H and O–H groups in total. The molecule has 3 rings (SSSR count). The maximum Gasteiger partial charge on any atom is 0.336 e. The Bertz CT molecular complexity index is 827. The number of carbonyl (C=O) groups excluding carboxylic acids is 2. The minimum atomic E-state index is -1.08. The zero-order valence-corrected chi connectivity index (χ0v) is 12.3. The smallest absolute Gasteiger partial charge is 0.336 e. The third kappa shape index (κ3) is 2.44. The molecule has 0 fully saturated rings. The predicted molar refractivity (Wildman–Crippen MR) is 81.9 cm³/mol. The highest BCUT2D eigenvalue weighted by Crippen LogP contribution is 2.33. The number of ether oxygens (including phenoxy) is 1. The van der Waals surface area contributed by atoms with Crippen LogP contribution < -0.4 is 9.64 Å². The van der Waals surface area contributed by atoms with Gasteiger partial charge >= 0.3 is 5.97 Å². The standard InChI is InChI=1S/C17H13NO5/c1-23-11-6-7-14-13(8-11)15(19)16(20)18(14)9-10-4-2-3-5-12(10)17(21)22/h2-8H,9H2,1H3,(H,21,22). The summed E-state index contributed by atoms with van der Waals surface area (Å²) in [6, 6.07) is 11.2. The molecule has 0 bridgehead atoms. The molecule has 0 spiro atoms. The van der Waals surface area contributed by atoms with Crippen LogP contribution in [0, 0.1) is 0 Å². The maximum atomic E-state index is 12.2. The number of rotatable bonds is 4. The Morgan fingerprint density at radius 2 is 1.91 bits per heavy atom. The van der Waals surface area contributed by atoms with Crippen molar-refractivity contribution in [3.05, 3.63) is 59.2 Å². The quantitative estimate of drug-likeness (QED) is 0.874. The molecule has 0 atom stereocenters. The van der Waals surface area contributed by atoms with Crippen molar-refractivity contribution in [2.45, 2.75) is 6.54 Å². The van der Waals surface area contributed by atoms with Crippen molar-refractivity contribution in [3.8, 4) is 5.75 Å².